The van der Waals surface area contributed by atoms with E-state index in [1.807, 2.05) is 25.1 Å². The van der Waals surface area contributed by atoms with Gasteiger partial charge in [0.1, 0.15) is 0 Å². The number of carboxylic acid groups (broad SMARTS) is 1. The van der Waals surface area contributed by atoms with Crippen molar-refractivity contribution in [3.63, 3.8) is 0 Å². The van der Waals surface area contributed by atoms with Gasteiger partial charge in [-0.25, -0.2) is 17.5 Å². The minimum absolute atomic E-state index is 0.0930. The van der Waals surface area contributed by atoms with Crippen LogP contribution in [0.4, 0.5) is 13.2 Å². The number of alkyl halides is 3. The van der Waals surface area contributed by atoms with Gasteiger partial charge in [-0.1, -0.05) is 49.7 Å². The van der Waals surface area contributed by atoms with Gasteiger partial charge in [0.15, 0.2) is 0 Å². The van der Waals surface area contributed by atoms with Gasteiger partial charge >= 0.3 is 12.1 Å². The maximum Gasteiger partial charge on any atom is 0.490 e. The van der Waals surface area contributed by atoms with E-state index in [2.05, 4.69) is 5.32 Å². The summed E-state index contributed by atoms with van der Waals surface area (Å²) in [5.74, 6) is -5.16. The van der Waals surface area contributed by atoms with Crippen LogP contribution in [0.25, 0.3) is 10.8 Å². The third kappa shape index (κ3) is 6.00. The van der Waals surface area contributed by atoms with Crippen LogP contribution in [0.5, 0.6) is 0 Å². The summed E-state index contributed by atoms with van der Waals surface area (Å²) >= 11 is 0. The Hall–Kier alpha value is -3.52. The molecule has 3 aliphatic rings. The molecule has 3 saturated heterocycles. The van der Waals surface area contributed by atoms with Crippen LogP contribution in [-0.4, -0.2) is 84.2 Å². The number of carbonyl (C=O) groups excluding carboxylic acids is 3. The molecule has 0 aromatic heterocycles. The first-order valence-electron chi connectivity index (χ1n) is 13.7. The molecule has 42 heavy (non-hydrogen) atoms. The van der Waals surface area contributed by atoms with Gasteiger partial charge < -0.3 is 15.3 Å². The molecule has 0 aliphatic carbocycles. The van der Waals surface area contributed by atoms with Crippen LogP contribution in [0.1, 0.15) is 39.0 Å². The van der Waals surface area contributed by atoms with E-state index in [9.17, 15) is 36.0 Å². The van der Waals surface area contributed by atoms with Crippen LogP contribution < -0.4 is 5.32 Å². The number of nitrogens with one attached hydrogen (secondary N) is 1. The van der Waals surface area contributed by atoms with Crippen LogP contribution in [0, 0.1) is 11.8 Å². The number of ketones is 1. The molecule has 2 aromatic carbocycles. The summed E-state index contributed by atoms with van der Waals surface area (Å²) in [5, 5.41) is 11.7. The molecule has 3 fully saturated rings. The van der Waals surface area contributed by atoms with Crippen molar-refractivity contribution in [2.24, 2.45) is 11.8 Å². The predicted octanol–water partition coefficient (Wildman–Crippen LogP) is 2.96. The summed E-state index contributed by atoms with van der Waals surface area (Å²) in [6.45, 7) is 3.61. The number of nitrogens with zero attached hydrogens (tertiary/aromatic N) is 2. The molecule has 0 saturated carbocycles. The van der Waals surface area contributed by atoms with Gasteiger partial charge in [-0.2, -0.15) is 13.2 Å². The number of aliphatic carboxylic acids is 1. The average Bonchev–Trinajstić information content (AvgIpc) is 3.50. The number of carbonyl (C=O) groups is 4. The largest absolute Gasteiger partial charge is 0.490 e. The Morgan fingerprint density at radius 2 is 1.64 bits per heavy atom. The third-order valence-electron chi connectivity index (χ3n) is 7.98. The Balaban J connectivity index is 0.000000517. The number of hydrogen-bond acceptors (Lipinski definition) is 7. The van der Waals surface area contributed by atoms with Crippen LogP contribution in [-0.2, 0) is 29.2 Å². The number of hydrogen-bond donors (Lipinski definition) is 2. The van der Waals surface area contributed by atoms with E-state index < -0.39 is 57.8 Å². The van der Waals surface area contributed by atoms with Crippen LogP contribution >= 0.6 is 0 Å². The summed E-state index contributed by atoms with van der Waals surface area (Å²) in [6, 6.07) is 11.0. The molecular weight excluding hydrogens is 579 g/mol. The zero-order chi connectivity index (χ0) is 30.8. The quantitative estimate of drug-likeness (QED) is 0.475. The number of fused-ring (bicyclic) bond motifs is 2. The first kappa shape index (κ1) is 31.4. The van der Waals surface area contributed by atoms with Gasteiger partial charge in [0.05, 0.1) is 22.9 Å². The van der Waals surface area contributed by atoms with E-state index in [4.69, 9.17) is 9.90 Å². The lowest BCUT2D eigenvalue weighted by Gasteiger charge is -2.29. The SMILES string of the molecule is CCC[C@H]1C(=O)N(S(=O)(=O)c2cccc3ccccc23)[C@H]2CCN(C(=O)C(=O)C3CCNCC3)[C@H]12.O=C(O)C(F)(F)F. The summed E-state index contributed by atoms with van der Waals surface area (Å²) in [6.07, 6.45) is -2.37. The van der Waals surface area contributed by atoms with Gasteiger partial charge in [-0.15, -0.1) is 0 Å². The van der Waals surface area contributed by atoms with Gasteiger partial charge in [-0.05, 0) is 50.2 Å². The molecule has 2 N–H and O–H groups in total. The Bertz CT molecular complexity index is 1470. The lowest BCUT2D eigenvalue weighted by atomic mass is 9.91. The number of rotatable bonds is 6. The standard InChI is InChI=1S/C26H31N3O5S.C2HF3O2/c1-2-6-20-23-21(13-16-28(23)26(32)24(30)18-11-14-27-15-12-18)29(25(20)31)35(33,34)22-10-5-8-17-7-3-4-9-19(17)22;3-2(4,5)1(6)7/h3-5,7-10,18,20-21,23,27H,2,6,11-16H2,1H3;(H,6,7)/t20-,21+,23-;/m1./s1. The highest BCUT2D eigenvalue weighted by atomic mass is 32.2. The monoisotopic (exact) mass is 611 g/mol. The lowest BCUT2D eigenvalue weighted by molar-refractivity contribution is -0.192. The van der Waals surface area contributed by atoms with E-state index in [0.717, 1.165) is 9.69 Å². The predicted molar refractivity (Wildman–Crippen MR) is 145 cm³/mol. The fraction of sp³-hybridized carbons (Fsp3) is 0.500. The fourth-order valence-electron chi connectivity index (χ4n) is 6.08. The van der Waals surface area contributed by atoms with E-state index in [0.29, 0.717) is 50.6 Å². The number of carboxylic acids is 1. The van der Waals surface area contributed by atoms with Crippen molar-refractivity contribution in [1.29, 1.82) is 0 Å². The van der Waals surface area contributed by atoms with Gasteiger partial charge in [0.2, 0.25) is 11.7 Å². The molecule has 3 aliphatic heterocycles. The topological polar surface area (TPSA) is 141 Å². The summed E-state index contributed by atoms with van der Waals surface area (Å²) in [5.41, 5.74) is 0. The number of sulfonamides is 1. The van der Waals surface area contributed by atoms with Crippen LogP contribution in [0.3, 0.4) is 0 Å². The Labute approximate surface area is 240 Å². The van der Waals surface area contributed by atoms with Gasteiger partial charge in [0, 0.05) is 17.8 Å². The molecule has 0 spiro atoms. The highest BCUT2D eigenvalue weighted by Gasteiger charge is 2.59. The smallest absolute Gasteiger partial charge is 0.475 e. The highest BCUT2D eigenvalue weighted by molar-refractivity contribution is 7.90. The first-order chi connectivity index (χ1) is 19.8. The Kier molecular flexibility index (Phi) is 9.26. The number of Topliss-reactive ketones (excluding diaryl/α,β-unsaturated/α-hetero) is 1. The van der Waals surface area contributed by atoms with E-state index >= 15 is 0 Å². The zero-order valence-electron chi connectivity index (χ0n) is 22.8. The second-order valence-electron chi connectivity index (χ2n) is 10.5. The molecule has 2 amide bonds. The van der Waals surface area contributed by atoms with Crippen molar-refractivity contribution in [2.45, 2.75) is 62.2 Å². The number of piperidine rings is 1. The van der Waals surface area contributed by atoms with Crippen molar-refractivity contribution in [2.75, 3.05) is 19.6 Å². The minimum atomic E-state index is -5.08. The molecule has 10 nitrogen and oxygen atoms in total. The average molecular weight is 612 g/mol. The molecule has 3 atom stereocenters. The first-order valence-corrected chi connectivity index (χ1v) is 15.2. The third-order valence-corrected chi connectivity index (χ3v) is 9.86. The van der Waals surface area contributed by atoms with Crippen LogP contribution in [0.2, 0.25) is 0 Å². The maximum atomic E-state index is 13.9. The van der Waals surface area contributed by atoms with Crippen molar-refractivity contribution in [3.05, 3.63) is 42.5 Å². The highest BCUT2D eigenvalue weighted by Crippen LogP contribution is 2.42. The van der Waals surface area contributed by atoms with Gasteiger partial charge in [-0.3, -0.25) is 14.4 Å². The summed E-state index contributed by atoms with van der Waals surface area (Å²) in [7, 11) is -4.16. The number of halogens is 3. The normalized spacial score (nSPS) is 23.0. The second kappa shape index (κ2) is 12.4. The van der Waals surface area contributed by atoms with Crippen molar-refractivity contribution >= 4 is 44.4 Å². The fourth-order valence-corrected chi connectivity index (χ4v) is 7.96. The molecule has 228 valence electrons. The summed E-state index contributed by atoms with van der Waals surface area (Å²) < 4.78 is 60.6. The number of benzene rings is 2. The minimum Gasteiger partial charge on any atom is -0.475 e. The molecular formula is C28H32F3N3O7S. The van der Waals surface area contributed by atoms with Crippen LogP contribution in [0.15, 0.2) is 47.4 Å². The Morgan fingerprint density at radius 3 is 2.26 bits per heavy atom. The van der Waals surface area contributed by atoms with E-state index in [1.165, 1.54) is 11.0 Å². The van der Waals surface area contributed by atoms with E-state index in [-0.39, 0.29) is 17.4 Å². The number of likely N-dealkylation sites (tertiary alicyclic amines) is 1. The molecule has 0 radical (unpaired) electrons. The van der Waals surface area contributed by atoms with E-state index in [1.54, 1.807) is 18.2 Å². The maximum absolute atomic E-state index is 13.9. The molecule has 14 heteroatoms. The number of amides is 2. The Morgan fingerprint density at radius 1 is 1.02 bits per heavy atom. The van der Waals surface area contributed by atoms with Crippen molar-refractivity contribution in [3.8, 4) is 0 Å². The van der Waals surface area contributed by atoms with Gasteiger partial charge in [0.25, 0.3) is 15.9 Å². The molecule has 2 aromatic rings. The van der Waals surface area contributed by atoms with Crippen molar-refractivity contribution < 1.29 is 45.9 Å². The molecule has 0 unspecified atom stereocenters. The van der Waals surface area contributed by atoms with Crippen molar-refractivity contribution in [1.82, 2.24) is 14.5 Å². The molecule has 0 bridgehead atoms. The summed E-state index contributed by atoms with van der Waals surface area (Å²) in [4.78, 5) is 50.5. The zero-order valence-corrected chi connectivity index (χ0v) is 23.7. The molecule has 5 rings (SSSR count). The molecule has 3 heterocycles. The lowest BCUT2D eigenvalue weighted by Crippen LogP contribution is -2.48. The second-order valence-corrected chi connectivity index (χ2v) is 12.3.